The van der Waals surface area contributed by atoms with Gasteiger partial charge in [-0.2, -0.15) is 0 Å². The fourth-order valence-corrected chi connectivity index (χ4v) is 2.20. The van der Waals surface area contributed by atoms with Crippen molar-refractivity contribution < 1.29 is 4.79 Å². The van der Waals surface area contributed by atoms with E-state index in [0.717, 1.165) is 10.2 Å². The number of anilines is 2. The quantitative estimate of drug-likeness (QED) is 0.818. The van der Waals surface area contributed by atoms with Crippen LogP contribution in [0.3, 0.4) is 0 Å². The Hall–Kier alpha value is -1.81. The Morgan fingerprint density at radius 2 is 1.80 bits per heavy atom. The minimum atomic E-state index is -0.150. The van der Waals surface area contributed by atoms with Crippen molar-refractivity contribution in [1.29, 1.82) is 0 Å². The minimum absolute atomic E-state index is 0.150. The van der Waals surface area contributed by atoms with Crippen LogP contribution in [0.15, 0.2) is 46.9 Å². The highest BCUT2D eigenvalue weighted by molar-refractivity contribution is 9.10. The van der Waals surface area contributed by atoms with Crippen molar-refractivity contribution in [2.24, 2.45) is 0 Å². The van der Waals surface area contributed by atoms with Gasteiger partial charge in [0.15, 0.2) is 0 Å². The van der Waals surface area contributed by atoms with Crippen molar-refractivity contribution in [3.05, 3.63) is 58.1 Å². The van der Waals surface area contributed by atoms with Crippen molar-refractivity contribution >= 4 is 33.2 Å². The monoisotopic (exact) mass is 332 g/mol. The smallest absolute Gasteiger partial charge is 0.255 e. The molecule has 0 aliphatic rings. The molecule has 0 unspecified atom stereocenters. The van der Waals surface area contributed by atoms with Crippen molar-refractivity contribution in [1.82, 2.24) is 0 Å². The summed E-state index contributed by atoms with van der Waals surface area (Å²) in [6.07, 6.45) is 0. The Morgan fingerprint density at radius 1 is 1.15 bits per heavy atom. The van der Waals surface area contributed by atoms with E-state index in [-0.39, 0.29) is 5.91 Å². The maximum atomic E-state index is 12.1. The number of halogens is 1. The Morgan fingerprint density at radius 3 is 2.35 bits per heavy atom. The summed E-state index contributed by atoms with van der Waals surface area (Å²) in [5.41, 5.74) is 8.92. The molecule has 0 aromatic heterocycles. The normalized spacial score (nSPS) is 10.6. The topological polar surface area (TPSA) is 55.1 Å². The first-order valence-corrected chi connectivity index (χ1v) is 7.23. The molecular weight excluding hydrogens is 316 g/mol. The molecule has 2 aromatic carbocycles. The summed E-state index contributed by atoms with van der Waals surface area (Å²) in [7, 11) is 0. The van der Waals surface area contributed by atoms with E-state index in [4.69, 9.17) is 5.73 Å². The van der Waals surface area contributed by atoms with E-state index >= 15 is 0 Å². The number of benzene rings is 2. The summed E-state index contributed by atoms with van der Waals surface area (Å²) in [5.74, 6) is 0.329. The number of hydrogen-bond acceptors (Lipinski definition) is 2. The summed E-state index contributed by atoms with van der Waals surface area (Å²) in [5, 5.41) is 2.87. The van der Waals surface area contributed by atoms with E-state index in [9.17, 15) is 4.79 Å². The summed E-state index contributed by atoms with van der Waals surface area (Å²) in [4.78, 5) is 12.1. The molecule has 2 aromatic rings. The van der Waals surface area contributed by atoms with Crippen LogP contribution in [0.1, 0.15) is 35.7 Å². The molecule has 0 heterocycles. The lowest BCUT2D eigenvalue weighted by Gasteiger charge is -2.09. The van der Waals surface area contributed by atoms with E-state index in [1.54, 1.807) is 18.2 Å². The summed E-state index contributed by atoms with van der Waals surface area (Å²) >= 11 is 3.32. The Labute approximate surface area is 127 Å². The predicted octanol–water partition coefficient (Wildman–Crippen LogP) is 4.41. The molecule has 3 N–H and O–H groups in total. The molecule has 0 bridgehead atoms. The first-order valence-electron chi connectivity index (χ1n) is 6.43. The molecule has 20 heavy (non-hydrogen) atoms. The molecule has 0 fully saturated rings. The maximum Gasteiger partial charge on any atom is 0.255 e. The summed E-state index contributed by atoms with van der Waals surface area (Å²) in [6.45, 7) is 4.28. The van der Waals surface area contributed by atoms with Gasteiger partial charge in [0, 0.05) is 21.4 Å². The van der Waals surface area contributed by atoms with Crippen LogP contribution in [0, 0.1) is 0 Å². The molecule has 0 spiro atoms. The zero-order valence-corrected chi connectivity index (χ0v) is 13.1. The van der Waals surface area contributed by atoms with Gasteiger partial charge in [0.1, 0.15) is 0 Å². The van der Waals surface area contributed by atoms with Crippen molar-refractivity contribution in [2.45, 2.75) is 19.8 Å². The largest absolute Gasteiger partial charge is 0.398 e. The Balaban J connectivity index is 2.12. The third-order valence-corrected chi connectivity index (χ3v) is 3.78. The highest BCUT2D eigenvalue weighted by Gasteiger charge is 2.08. The van der Waals surface area contributed by atoms with E-state index < -0.39 is 0 Å². The molecular formula is C16H17BrN2O. The van der Waals surface area contributed by atoms with Gasteiger partial charge in [0.25, 0.3) is 5.91 Å². The molecule has 0 radical (unpaired) electrons. The standard InChI is InChI=1S/C16H17BrN2O/c1-10(2)11-3-6-13(7-4-11)19-16(20)12-5-8-15(18)14(17)9-12/h3-10H,18H2,1-2H3,(H,19,20). The maximum absolute atomic E-state index is 12.1. The summed E-state index contributed by atoms with van der Waals surface area (Å²) in [6, 6.07) is 13.0. The number of carbonyl (C=O) groups excluding carboxylic acids is 1. The van der Waals surface area contributed by atoms with Crippen LogP contribution >= 0.6 is 15.9 Å². The molecule has 104 valence electrons. The van der Waals surface area contributed by atoms with Crippen LogP contribution < -0.4 is 11.1 Å². The lowest BCUT2D eigenvalue weighted by atomic mass is 10.0. The number of amides is 1. The molecule has 0 aliphatic carbocycles. The second-order valence-corrected chi connectivity index (χ2v) is 5.82. The molecule has 3 nitrogen and oxygen atoms in total. The van der Waals surface area contributed by atoms with Crippen LogP contribution in [0.25, 0.3) is 0 Å². The van der Waals surface area contributed by atoms with Crippen molar-refractivity contribution in [3.63, 3.8) is 0 Å². The lowest BCUT2D eigenvalue weighted by Crippen LogP contribution is -2.12. The van der Waals surface area contributed by atoms with Crippen LogP contribution in [-0.4, -0.2) is 5.91 Å². The molecule has 1 amide bonds. The van der Waals surface area contributed by atoms with Gasteiger partial charge in [-0.15, -0.1) is 0 Å². The van der Waals surface area contributed by atoms with Gasteiger partial charge >= 0.3 is 0 Å². The summed E-state index contributed by atoms with van der Waals surface area (Å²) < 4.78 is 0.723. The highest BCUT2D eigenvalue weighted by atomic mass is 79.9. The average Bonchev–Trinajstić information content (AvgIpc) is 2.42. The zero-order chi connectivity index (χ0) is 14.7. The Kier molecular flexibility index (Phi) is 4.45. The van der Waals surface area contributed by atoms with Gasteiger partial charge in [-0.1, -0.05) is 26.0 Å². The number of nitrogen functional groups attached to an aromatic ring is 1. The van der Waals surface area contributed by atoms with Gasteiger partial charge < -0.3 is 11.1 Å². The van der Waals surface area contributed by atoms with Gasteiger partial charge in [0.05, 0.1) is 0 Å². The second-order valence-electron chi connectivity index (χ2n) is 4.97. The van der Waals surface area contributed by atoms with E-state index in [2.05, 4.69) is 35.1 Å². The van der Waals surface area contributed by atoms with Crippen LogP contribution in [-0.2, 0) is 0 Å². The highest BCUT2D eigenvalue weighted by Crippen LogP contribution is 2.22. The minimum Gasteiger partial charge on any atom is -0.398 e. The number of carbonyl (C=O) groups is 1. The number of nitrogens with two attached hydrogens (primary N) is 1. The molecule has 2 rings (SSSR count). The third kappa shape index (κ3) is 3.39. The zero-order valence-electron chi connectivity index (χ0n) is 11.5. The number of rotatable bonds is 3. The van der Waals surface area contributed by atoms with Gasteiger partial charge in [-0.05, 0) is 57.7 Å². The van der Waals surface area contributed by atoms with E-state index in [0.29, 0.717) is 17.2 Å². The molecule has 0 saturated heterocycles. The first-order chi connectivity index (χ1) is 9.47. The molecule has 0 aliphatic heterocycles. The number of hydrogen-bond donors (Lipinski definition) is 2. The fraction of sp³-hybridized carbons (Fsp3) is 0.188. The van der Waals surface area contributed by atoms with Crippen LogP contribution in [0.4, 0.5) is 11.4 Å². The first kappa shape index (κ1) is 14.6. The van der Waals surface area contributed by atoms with Crippen LogP contribution in [0.2, 0.25) is 0 Å². The average molecular weight is 333 g/mol. The fourth-order valence-electron chi connectivity index (χ4n) is 1.82. The van der Waals surface area contributed by atoms with E-state index in [1.165, 1.54) is 5.56 Å². The lowest BCUT2D eigenvalue weighted by molar-refractivity contribution is 0.102. The third-order valence-electron chi connectivity index (χ3n) is 3.10. The Bertz CT molecular complexity index is 621. The predicted molar refractivity (Wildman–Crippen MR) is 87.0 cm³/mol. The van der Waals surface area contributed by atoms with Crippen LogP contribution in [0.5, 0.6) is 0 Å². The van der Waals surface area contributed by atoms with Crippen molar-refractivity contribution in [2.75, 3.05) is 11.1 Å². The van der Waals surface area contributed by atoms with Gasteiger partial charge in [0.2, 0.25) is 0 Å². The molecule has 4 heteroatoms. The molecule has 0 atom stereocenters. The van der Waals surface area contributed by atoms with E-state index in [1.807, 2.05) is 24.3 Å². The second kappa shape index (κ2) is 6.09. The van der Waals surface area contributed by atoms with Gasteiger partial charge in [-0.3, -0.25) is 4.79 Å². The van der Waals surface area contributed by atoms with Crippen molar-refractivity contribution in [3.8, 4) is 0 Å². The number of nitrogens with one attached hydrogen (secondary N) is 1. The molecule has 0 saturated carbocycles. The van der Waals surface area contributed by atoms with Gasteiger partial charge in [-0.25, -0.2) is 0 Å². The SMILES string of the molecule is CC(C)c1ccc(NC(=O)c2ccc(N)c(Br)c2)cc1.